The number of halogens is 2. The zero-order valence-corrected chi connectivity index (χ0v) is 10.1. The van der Waals surface area contributed by atoms with Gasteiger partial charge >= 0.3 is 0 Å². The van der Waals surface area contributed by atoms with Crippen LogP contribution in [0.4, 0.5) is 4.39 Å². The van der Waals surface area contributed by atoms with Crippen molar-refractivity contribution in [3.05, 3.63) is 52.9 Å². The van der Waals surface area contributed by atoms with Crippen LogP contribution >= 0.6 is 23.4 Å². The number of hydrogen-bond acceptors (Lipinski definition) is 3. The summed E-state index contributed by atoms with van der Waals surface area (Å²) >= 11 is 7.30. The number of nitriles is 1. The van der Waals surface area contributed by atoms with E-state index < -0.39 is 0 Å². The number of hydrogen-bond donors (Lipinski definition) is 0. The lowest BCUT2D eigenvalue weighted by Crippen LogP contribution is -1.85. The van der Waals surface area contributed by atoms with E-state index in [2.05, 4.69) is 4.98 Å². The number of pyridine rings is 1. The Hall–Kier alpha value is -1.57. The predicted octanol–water partition coefficient (Wildman–Crippen LogP) is 3.90. The minimum atomic E-state index is -0.292. The molecule has 0 fully saturated rings. The summed E-state index contributed by atoms with van der Waals surface area (Å²) in [6, 6.07) is 9.54. The van der Waals surface area contributed by atoms with Crippen molar-refractivity contribution in [3.63, 3.8) is 0 Å². The molecule has 2 aromatic rings. The predicted molar refractivity (Wildman–Crippen MR) is 64.5 cm³/mol. The third-order valence-corrected chi connectivity index (χ3v) is 3.51. The van der Waals surface area contributed by atoms with E-state index in [-0.39, 0.29) is 5.82 Å². The maximum absolute atomic E-state index is 12.7. The van der Waals surface area contributed by atoms with Gasteiger partial charge in [0.2, 0.25) is 0 Å². The molecule has 0 saturated heterocycles. The Morgan fingerprint density at radius 1 is 1.24 bits per heavy atom. The minimum absolute atomic E-state index is 0.292. The van der Waals surface area contributed by atoms with Crippen LogP contribution in [0.3, 0.4) is 0 Å². The van der Waals surface area contributed by atoms with E-state index in [4.69, 9.17) is 16.9 Å². The Balaban J connectivity index is 2.31. The van der Waals surface area contributed by atoms with Crippen molar-refractivity contribution in [2.75, 3.05) is 0 Å². The monoisotopic (exact) mass is 264 g/mol. The third kappa shape index (κ3) is 2.76. The Kier molecular flexibility index (Phi) is 3.62. The van der Waals surface area contributed by atoms with Crippen LogP contribution in [0.1, 0.15) is 5.56 Å². The molecule has 0 unspecified atom stereocenters. The molecule has 1 heterocycles. The molecule has 2 rings (SSSR count). The highest BCUT2D eigenvalue weighted by Crippen LogP contribution is 2.32. The fourth-order valence-corrected chi connectivity index (χ4v) is 2.27. The quantitative estimate of drug-likeness (QED) is 0.825. The van der Waals surface area contributed by atoms with Gasteiger partial charge in [0, 0.05) is 11.1 Å². The lowest BCUT2D eigenvalue weighted by atomic mass is 10.3. The van der Waals surface area contributed by atoms with E-state index in [0.29, 0.717) is 15.6 Å². The summed E-state index contributed by atoms with van der Waals surface area (Å²) in [5.74, 6) is -0.292. The maximum atomic E-state index is 12.7. The standard InChI is InChI=1S/C12H6ClFN2S/c13-11-8(7-15)5-6-16-12(11)17-10-3-1-9(14)2-4-10/h1-6H. The summed E-state index contributed by atoms with van der Waals surface area (Å²) in [4.78, 5) is 4.91. The summed E-state index contributed by atoms with van der Waals surface area (Å²) in [5, 5.41) is 9.69. The number of nitrogens with zero attached hydrogens (tertiary/aromatic N) is 2. The van der Waals surface area contributed by atoms with Gasteiger partial charge in [0.15, 0.2) is 0 Å². The normalized spacial score (nSPS) is 9.94. The van der Waals surface area contributed by atoms with Crippen LogP contribution in [0.15, 0.2) is 46.5 Å². The van der Waals surface area contributed by atoms with Crippen molar-refractivity contribution < 1.29 is 4.39 Å². The highest BCUT2D eigenvalue weighted by atomic mass is 35.5. The molecule has 0 aliphatic heterocycles. The first kappa shape index (κ1) is 11.9. The zero-order valence-electron chi connectivity index (χ0n) is 8.52. The second-order valence-corrected chi connectivity index (χ2v) is 4.59. The molecule has 1 aromatic carbocycles. The van der Waals surface area contributed by atoms with Gasteiger partial charge in [-0.2, -0.15) is 5.26 Å². The first-order chi connectivity index (χ1) is 8.20. The van der Waals surface area contributed by atoms with E-state index in [1.807, 2.05) is 6.07 Å². The van der Waals surface area contributed by atoms with Crippen molar-refractivity contribution in [2.24, 2.45) is 0 Å². The molecule has 0 atom stereocenters. The largest absolute Gasteiger partial charge is 0.248 e. The lowest BCUT2D eigenvalue weighted by molar-refractivity contribution is 0.626. The van der Waals surface area contributed by atoms with Gasteiger partial charge in [-0.1, -0.05) is 23.4 Å². The summed E-state index contributed by atoms with van der Waals surface area (Å²) in [6.07, 6.45) is 1.52. The summed E-state index contributed by atoms with van der Waals surface area (Å²) < 4.78 is 12.7. The smallest absolute Gasteiger partial charge is 0.123 e. The van der Waals surface area contributed by atoms with Gasteiger partial charge in [0.25, 0.3) is 0 Å². The van der Waals surface area contributed by atoms with Crippen LogP contribution in [-0.4, -0.2) is 4.98 Å². The summed E-state index contributed by atoms with van der Waals surface area (Å²) in [7, 11) is 0. The molecular weight excluding hydrogens is 259 g/mol. The van der Waals surface area contributed by atoms with E-state index in [9.17, 15) is 4.39 Å². The van der Waals surface area contributed by atoms with Crippen molar-refractivity contribution in [3.8, 4) is 6.07 Å². The molecule has 0 radical (unpaired) electrons. The molecule has 84 valence electrons. The molecule has 0 bridgehead atoms. The second-order valence-electron chi connectivity index (χ2n) is 3.15. The Labute approximate surface area is 107 Å². The van der Waals surface area contributed by atoms with Crippen molar-refractivity contribution in [2.45, 2.75) is 9.92 Å². The minimum Gasteiger partial charge on any atom is -0.248 e. The number of rotatable bonds is 2. The first-order valence-corrected chi connectivity index (χ1v) is 5.88. The Bertz CT molecular complexity index is 578. The molecule has 17 heavy (non-hydrogen) atoms. The van der Waals surface area contributed by atoms with Crippen molar-refractivity contribution in [1.29, 1.82) is 5.26 Å². The van der Waals surface area contributed by atoms with E-state index >= 15 is 0 Å². The highest BCUT2D eigenvalue weighted by Gasteiger charge is 2.08. The molecule has 0 saturated carbocycles. The molecule has 0 aliphatic rings. The average Bonchev–Trinajstić information content (AvgIpc) is 2.35. The molecular formula is C12H6ClFN2S. The van der Waals surface area contributed by atoms with Crippen LogP contribution in [0, 0.1) is 17.1 Å². The van der Waals surface area contributed by atoms with Gasteiger partial charge in [-0.05, 0) is 30.3 Å². The van der Waals surface area contributed by atoms with Crippen molar-refractivity contribution >= 4 is 23.4 Å². The van der Waals surface area contributed by atoms with Crippen LogP contribution in [0.5, 0.6) is 0 Å². The lowest BCUT2D eigenvalue weighted by Gasteiger charge is -2.03. The fraction of sp³-hybridized carbons (Fsp3) is 0. The maximum Gasteiger partial charge on any atom is 0.123 e. The van der Waals surface area contributed by atoms with Crippen LogP contribution in [0.25, 0.3) is 0 Å². The summed E-state index contributed by atoms with van der Waals surface area (Å²) in [5.41, 5.74) is 0.381. The molecule has 1 aromatic heterocycles. The third-order valence-electron chi connectivity index (χ3n) is 2.01. The molecule has 0 N–H and O–H groups in total. The first-order valence-electron chi connectivity index (χ1n) is 4.69. The molecule has 0 amide bonds. The van der Waals surface area contributed by atoms with Crippen molar-refractivity contribution in [1.82, 2.24) is 4.98 Å². The number of aromatic nitrogens is 1. The van der Waals surface area contributed by atoms with E-state index in [0.717, 1.165) is 4.90 Å². The number of benzene rings is 1. The van der Waals surface area contributed by atoms with E-state index in [1.54, 1.807) is 18.2 Å². The molecule has 0 aliphatic carbocycles. The van der Waals surface area contributed by atoms with Crippen LogP contribution in [-0.2, 0) is 0 Å². The molecule has 2 nitrogen and oxygen atoms in total. The molecule has 5 heteroatoms. The highest BCUT2D eigenvalue weighted by molar-refractivity contribution is 7.99. The van der Waals surface area contributed by atoms with Gasteiger partial charge < -0.3 is 0 Å². The fourth-order valence-electron chi connectivity index (χ4n) is 1.20. The molecule has 0 spiro atoms. The average molecular weight is 265 g/mol. The Morgan fingerprint density at radius 3 is 2.59 bits per heavy atom. The van der Waals surface area contributed by atoms with Gasteiger partial charge in [-0.15, -0.1) is 0 Å². The topological polar surface area (TPSA) is 36.7 Å². The van der Waals surface area contributed by atoms with Crippen LogP contribution in [0.2, 0.25) is 5.02 Å². The van der Waals surface area contributed by atoms with E-state index in [1.165, 1.54) is 30.1 Å². The van der Waals surface area contributed by atoms with Gasteiger partial charge in [0.1, 0.15) is 16.9 Å². The SMILES string of the molecule is N#Cc1ccnc(Sc2ccc(F)cc2)c1Cl. The Morgan fingerprint density at radius 2 is 1.94 bits per heavy atom. The van der Waals surface area contributed by atoms with Crippen LogP contribution < -0.4 is 0 Å². The van der Waals surface area contributed by atoms with Gasteiger partial charge in [-0.25, -0.2) is 9.37 Å². The zero-order chi connectivity index (χ0) is 12.3. The second kappa shape index (κ2) is 5.17. The summed E-state index contributed by atoms with van der Waals surface area (Å²) in [6.45, 7) is 0. The van der Waals surface area contributed by atoms with Gasteiger partial charge in [-0.3, -0.25) is 0 Å². The van der Waals surface area contributed by atoms with Gasteiger partial charge in [0.05, 0.1) is 10.6 Å².